The molecule has 0 N–H and O–H groups in total. The molecule has 2 fully saturated rings. The maximum atomic E-state index is 13.1. The van der Waals surface area contributed by atoms with E-state index in [1.54, 1.807) is 50.5 Å². The van der Waals surface area contributed by atoms with E-state index in [0.29, 0.717) is 35.9 Å². The van der Waals surface area contributed by atoms with Crippen molar-refractivity contribution in [1.29, 1.82) is 0 Å². The molecule has 2 aromatic carbocycles. The number of carbonyl (C=O) groups excluding carboxylic acids is 1. The topological polar surface area (TPSA) is 85.4 Å². The van der Waals surface area contributed by atoms with Gasteiger partial charge in [-0.1, -0.05) is 6.07 Å². The Morgan fingerprint density at radius 1 is 0.906 bits per heavy atom. The Morgan fingerprint density at radius 3 is 2.25 bits per heavy atom. The molecule has 2 unspecified atom stereocenters. The molecule has 0 bridgehead atoms. The number of ether oxygens (including phenoxy) is 3. The number of fused-ring (bicyclic) bond motifs is 1. The highest BCUT2D eigenvalue weighted by Crippen LogP contribution is 2.33. The summed E-state index contributed by atoms with van der Waals surface area (Å²) in [6.07, 6.45) is 0.666. The van der Waals surface area contributed by atoms with Gasteiger partial charge < -0.3 is 19.1 Å². The van der Waals surface area contributed by atoms with Crippen LogP contribution in [-0.4, -0.2) is 77.2 Å². The number of amides is 1. The number of sulfone groups is 1. The predicted molar refractivity (Wildman–Crippen MR) is 122 cm³/mol. The van der Waals surface area contributed by atoms with Crippen molar-refractivity contribution in [2.75, 3.05) is 50.8 Å². The Hall–Kier alpha value is -2.78. The van der Waals surface area contributed by atoms with Crippen LogP contribution in [0.25, 0.3) is 0 Å². The van der Waals surface area contributed by atoms with E-state index < -0.39 is 15.9 Å². The Balaban J connectivity index is 1.54. The fraction of sp³-hybridized carbons (Fsp3) is 0.435. The molecule has 2 aliphatic rings. The van der Waals surface area contributed by atoms with E-state index in [1.807, 2.05) is 23.1 Å². The van der Waals surface area contributed by atoms with Gasteiger partial charge in [-0.15, -0.1) is 0 Å². The normalized spacial score (nSPS) is 22.5. The van der Waals surface area contributed by atoms with Crippen LogP contribution in [0.4, 0.5) is 5.69 Å². The zero-order chi connectivity index (χ0) is 22.9. The van der Waals surface area contributed by atoms with Crippen LogP contribution in [0, 0.1) is 0 Å². The smallest absolute Gasteiger partial charge is 0.241 e. The van der Waals surface area contributed by atoms with Crippen molar-refractivity contribution in [3.63, 3.8) is 0 Å². The third kappa shape index (κ3) is 4.40. The lowest BCUT2D eigenvalue weighted by atomic mass is 10.0. The molecular weight excluding hydrogens is 432 g/mol. The highest BCUT2D eigenvalue weighted by Gasteiger charge is 2.49. The van der Waals surface area contributed by atoms with E-state index >= 15 is 0 Å². The van der Waals surface area contributed by atoms with E-state index in [4.69, 9.17) is 14.2 Å². The largest absolute Gasteiger partial charge is 0.497 e. The molecule has 0 radical (unpaired) electrons. The van der Waals surface area contributed by atoms with Crippen LogP contribution in [0.3, 0.4) is 0 Å². The molecule has 0 aliphatic carbocycles. The van der Waals surface area contributed by atoms with Crippen molar-refractivity contribution < 1.29 is 27.4 Å². The summed E-state index contributed by atoms with van der Waals surface area (Å²) in [6, 6.07) is 12.3. The van der Waals surface area contributed by atoms with Gasteiger partial charge in [0.1, 0.15) is 5.75 Å². The second kappa shape index (κ2) is 8.99. The minimum absolute atomic E-state index is 0.0255. The fourth-order valence-corrected chi connectivity index (χ4v) is 6.57. The number of piperazine rings is 1. The van der Waals surface area contributed by atoms with Crippen LogP contribution in [0.5, 0.6) is 17.2 Å². The first-order valence-electron chi connectivity index (χ1n) is 10.5. The molecule has 9 heteroatoms. The molecule has 8 nitrogen and oxygen atoms in total. The summed E-state index contributed by atoms with van der Waals surface area (Å²) in [7, 11) is 1.52. The second-order valence-corrected chi connectivity index (χ2v) is 10.2. The Labute approximate surface area is 188 Å². The fourth-order valence-electron chi connectivity index (χ4n) is 4.59. The van der Waals surface area contributed by atoms with Crippen LogP contribution >= 0.6 is 0 Å². The van der Waals surface area contributed by atoms with Gasteiger partial charge in [0.25, 0.3) is 0 Å². The molecule has 32 heavy (non-hydrogen) atoms. The first-order chi connectivity index (χ1) is 15.3. The first kappa shape index (κ1) is 22.4. The molecule has 0 spiro atoms. The maximum Gasteiger partial charge on any atom is 0.241 e. The van der Waals surface area contributed by atoms with Gasteiger partial charge in [-0.2, -0.15) is 0 Å². The van der Waals surface area contributed by atoms with Crippen LogP contribution < -0.4 is 19.1 Å². The number of nitrogens with zero attached hydrogens (tertiary/aromatic N) is 2. The lowest BCUT2D eigenvalue weighted by molar-refractivity contribution is -0.123. The van der Waals surface area contributed by atoms with Gasteiger partial charge in [0.2, 0.25) is 5.91 Å². The molecule has 172 valence electrons. The van der Waals surface area contributed by atoms with Crippen molar-refractivity contribution in [2.45, 2.75) is 18.5 Å². The number of benzene rings is 2. The lowest BCUT2D eigenvalue weighted by Crippen LogP contribution is -2.62. The van der Waals surface area contributed by atoms with Crippen LogP contribution in [0.1, 0.15) is 5.56 Å². The number of rotatable bonds is 7. The molecular formula is C23H28N2O6S. The second-order valence-electron chi connectivity index (χ2n) is 8.08. The van der Waals surface area contributed by atoms with Crippen molar-refractivity contribution in [2.24, 2.45) is 0 Å². The summed E-state index contributed by atoms with van der Waals surface area (Å²) < 4.78 is 40.9. The van der Waals surface area contributed by atoms with Crippen LogP contribution in [0.15, 0.2) is 42.5 Å². The van der Waals surface area contributed by atoms with Gasteiger partial charge in [0, 0.05) is 18.3 Å². The summed E-state index contributed by atoms with van der Waals surface area (Å²) in [5.74, 6) is 1.92. The van der Waals surface area contributed by atoms with Crippen molar-refractivity contribution in [1.82, 2.24) is 4.90 Å². The summed E-state index contributed by atoms with van der Waals surface area (Å²) in [4.78, 5) is 16.8. The molecule has 2 aliphatic heterocycles. The highest BCUT2D eigenvalue weighted by atomic mass is 32.2. The third-order valence-corrected chi connectivity index (χ3v) is 7.89. The lowest BCUT2D eigenvalue weighted by Gasteiger charge is -2.43. The third-order valence-electron chi connectivity index (χ3n) is 6.19. The quantitative estimate of drug-likeness (QED) is 0.623. The number of hydrogen-bond acceptors (Lipinski definition) is 7. The average Bonchev–Trinajstić information content (AvgIpc) is 3.12. The summed E-state index contributed by atoms with van der Waals surface area (Å²) in [6.45, 7) is 0.754. The molecule has 2 atom stereocenters. The van der Waals surface area contributed by atoms with E-state index in [2.05, 4.69) is 0 Å². The number of methoxy groups -OCH3 is 3. The van der Waals surface area contributed by atoms with E-state index in [9.17, 15) is 13.2 Å². The highest BCUT2D eigenvalue weighted by molar-refractivity contribution is 7.91. The standard InChI is InChI=1S/C23H28N2O6S/c1-29-18-7-5-17(6-8-18)25-20-15-32(27,28)14-19(20)24(13-23(25)26)11-10-16-4-9-21(30-2)22(12-16)31-3/h4-9,12,19-20H,10-11,13-15H2,1-3H3. The van der Waals surface area contributed by atoms with Crippen LogP contribution in [-0.2, 0) is 21.1 Å². The predicted octanol–water partition coefficient (Wildman–Crippen LogP) is 1.77. The minimum atomic E-state index is -3.24. The van der Waals surface area contributed by atoms with Crippen molar-refractivity contribution in [3.05, 3.63) is 48.0 Å². The summed E-state index contributed by atoms with van der Waals surface area (Å²) in [5.41, 5.74) is 1.73. The van der Waals surface area contributed by atoms with E-state index in [1.165, 1.54) is 0 Å². The van der Waals surface area contributed by atoms with Gasteiger partial charge >= 0.3 is 0 Å². The molecule has 0 saturated carbocycles. The summed E-state index contributed by atoms with van der Waals surface area (Å²) in [5, 5.41) is 0. The van der Waals surface area contributed by atoms with E-state index in [0.717, 1.165) is 5.56 Å². The molecule has 2 aromatic rings. The first-order valence-corrected chi connectivity index (χ1v) is 12.3. The van der Waals surface area contributed by atoms with Gasteiger partial charge in [-0.25, -0.2) is 8.42 Å². The molecule has 2 saturated heterocycles. The van der Waals surface area contributed by atoms with Crippen molar-refractivity contribution in [3.8, 4) is 17.2 Å². The van der Waals surface area contributed by atoms with Gasteiger partial charge in [0.05, 0.1) is 45.4 Å². The monoisotopic (exact) mass is 460 g/mol. The molecule has 2 heterocycles. The summed E-state index contributed by atoms with van der Waals surface area (Å²) >= 11 is 0. The Bertz CT molecular complexity index is 1090. The average molecular weight is 461 g/mol. The Kier molecular flexibility index (Phi) is 6.30. The maximum absolute atomic E-state index is 13.1. The molecule has 1 amide bonds. The molecule has 4 rings (SSSR count). The molecule has 0 aromatic heterocycles. The number of carbonyl (C=O) groups is 1. The zero-order valence-corrected chi connectivity index (χ0v) is 19.3. The van der Waals surface area contributed by atoms with Crippen molar-refractivity contribution >= 4 is 21.4 Å². The Morgan fingerprint density at radius 2 is 1.59 bits per heavy atom. The SMILES string of the molecule is COc1ccc(N2C(=O)CN(CCc3ccc(OC)c(OC)c3)C3CS(=O)(=O)CC32)cc1. The van der Waals surface area contributed by atoms with Gasteiger partial charge in [0.15, 0.2) is 21.3 Å². The minimum Gasteiger partial charge on any atom is -0.497 e. The van der Waals surface area contributed by atoms with Gasteiger partial charge in [-0.05, 0) is 48.4 Å². The van der Waals surface area contributed by atoms with E-state index in [-0.39, 0.29) is 30.0 Å². The van der Waals surface area contributed by atoms with Gasteiger partial charge in [-0.3, -0.25) is 9.69 Å². The number of hydrogen-bond donors (Lipinski definition) is 0. The zero-order valence-electron chi connectivity index (χ0n) is 18.5. The van der Waals surface area contributed by atoms with Crippen LogP contribution in [0.2, 0.25) is 0 Å². The number of anilines is 1.